The van der Waals surface area contributed by atoms with Crippen LogP contribution in [0.25, 0.3) is 0 Å². The van der Waals surface area contributed by atoms with Gasteiger partial charge in [-0.1, -0.05) is 121 Å². The third kappa shape index (κ3) is 13.1. The number of rotatable bonds is 14. The molecule has 4 aromatic rings. The molecule has 0 bridgehead atoms. The molecule has 46 heavy (non-hydrogen) atoms. The summed E-state index contributed by atoms with van der Waals surface area (Å²) >= 11 is 0. The zero-order valence-corrected chi connectivity index (χ0v) is 27.4. The van der Waals surface area contributed by atoms with E-state index >= 15 is 0 Å². The molecule has 0 aromatic heterocycles. The average molecular weight is 669 g/mol. The van der Waals surface area contributed by atoms with Crippen molar-refractivity contribution in [3.05, 3.63) is 144 Å². The highest BCUT2D eigenvalue weighted by Gasteiger charge is 2.51. The number of hydrogen-bond acceptors (Lipinski definition) is 8. The number of ether oxygens (including phenoxy) is 4. The Morgan fingerprint density at radius 1 is 0.565 bits per heavy atom. The van der Waals surface area contributed by atoms with Crippen LogP contribution in [0.4, 0.5) is 0 Å². The second kappa shape index (κ2) is 19.1. The van der Waals surface area contributed by atoms with Gasteiger partial charge >= 0.3 is 0 Å². The summed E-state index contributed by atoms with van der Waals surface area (Å²) in [6.07, 6.45) is 2.91. The lowest BCUT2D eigenvalue weighted by atomic mass is 10.0. The molecule has 0 spiro atoms. The molecule has 8 nitrogen and oxygen atoms in total. The van der Waals surface area contributed by atoms with Crippen molar-refractivity contribution in [2.24, 2.45) is 0 Å². The van der Waals surface area contributed by atoms with Gasteiger partial charge in [0.25, 0.3) is 0 Å². The fourth-order valence-electron chi connectivity index (χ4n) is 5.32. The maximum Gasteiger partial charge on any atom is 0.148 e. The molecule has 5 rings (SSSR count). The van der Waals surface area contributed by atoms with E-state index in [-0.39, 0.29) is 29.2 Å². The van der Waals surface area contributed by atoms with Crippen molar-refractivity contribution in [1.82, 2.24) is 0 Å². The third-order valence-electron chi connectivity index (χ3n) is 7.54. The van der Waals surface area contributed by atoms with E-state index in [4.69, 9.17) is 37.6 Å². The van der Waals surface area contributed by atoms with Crippen molar-refractivity contribution in [2.75, 3.05) is 18.6 Å². The molecule has 1 unspecified atom stereocenters. The second-order valence-corrected chi connectivity index (χ2v) is 14.0. The second-order valence-electron chi connectivity index (χ2n) is 11.0. The fraction of sp³-hybridized carbons (Fsp3) is 0.333. The predicted molar refractivity (Wildman–Crippen MR) is 168 cm³/mol. The summed E-state index contributed by atoms with van der Waals surface area (Å²) in [5.41, 5.74) is 4.68. The first-order chi connectivity index (χ1) is 22.3. The molecule has 1 fully saturated rings. The molecule has 1 aliphatic rings. The number of halogens is 1. The van der Waals surface area contributed by atoms with Gasteiger partial charge in [0.15, 0.2) is 0 Å². The Morgan fingerprint density at radius 3 is 1.37 bits per heavy atom. The Bertz CT molecular complexity index is 1360. The smallest absolute Gasteiger partial charge is 0.148 e. The average Bonchev–Trinajstić information content (AvgIpc) is 3.06. The topological polar surface area (TPSA) is 129 Å². The summed E-state index contributed by atoms with van der Waals surface area (Å²) in [6.45, 7) is 2.93. The standard InChI is InChI=1S/C36H41O4S.ClHO4/c1-41-28-33(38-25-30-16-8-3-9-17-30)35(39-26-31-18-10-4-11-19-31)36(40-27-32-20-12-5-13-21-32)34(41)22-23-37-24-29-14-6-2-7-15-29;2-1(3,4)5/h2-21,33-36H,22-28H2,1H3;(H,2,3,4,5)/q+1;/p-1/t33-,34+,35-,36+,41?;/m1./s1. The van der Waals surface area contributed by atoms with Gasteiger partial charge in [-0.2, -0.15) is 0 Å². The molecule has 246 valence electrons. The molecular formula is C36H41ClO8S. The molecule has 1 heterocycles. The van der Waals surface area contributed by atoms with Crippen LogP contribution < -0.4 is 18.6 Å². The van der Waals surface area contributed by atoms with Gasteiger partial charge in [0.1, 0.15) is 29.3 Å². The summed E-state index contributed by atoms with van der Waals surface area (Å²) in [6, 6.07) is 41.5. The van der Waals surface area contributed by atoms with Gasteiger partial charge in [0, 0.05) is 6.42 Å². The lowest BCUT2D eigenvalue weighted by Crippen LogP contribution is -2.68. The monoisotopic (exact) mass is 668 g/mol. The van der Waals surface area contributed by atoms with Gasteiger partial charge in [-0.25, -0.2) is 18.6 Å². The van der Waals surface area contributed by atoms with Crippen LogP contribution in [0.2, 0.25) is 0 Å². The van der Waals surface area contributed by atoms with E-state index in [1.54, 1.807) is 0 Å². The molecule has 4 aromatic carbocycles. The quantitative estimate of drug-likeness (QED) is 0.148. The Kier molecular flexibility index (Phi) is 15.0. The minimum Gasteiger partial charge on any atom is -0.377 e. The SMILES string of the molecule is C[S+]1C[C@@H](OCc2ccccc2)[C@@H](OCc2ccccc2)[C@@H](OCc2ccccc2)[C@@H]1CCOCc1ccccc1.[O-][Cl+3]([O-])([O-])[O-]. The summed E-state index contributed by atoms with van der Waals surface area (Å²) in [5, 5.41) is 0.312. The highest BCUT2D eigenvalue weighted by Crippen LogP contribution is 2.32. The lowest BCUT2D eigenvalue weighted by molar-refractivity contribution is -2.00. The Balaban J connectivity index is 0.000000892. The maximum absolute atomic E-state index is 8.49. The minimum absolute atomic E-state index is 0.0606. The van der Waals surface area contributed by atoms with Crippen molar-refractivity contribution in [2.45, 2.75) is 56.4 Å². The zero-order valence-electron chi connectivity index (χ0n) is 25.9. The summed E-state index contributed by atoms with van der Waals surface area (Å²) < 4.78 is 60.3. The fourth-order valence-corrected chi connectivity index (χ4v) is 7.56. The first-order valence-electron chi connectivity index (χ1n) is 15.1. The van der Waals surface area contributed by atoms with Crippen LogP contribution >= 0.6 is 0 Å². The van der Waals surface area contributed by atoms with Gasteiger partial charge < -0.3 is 18.9 Å². The number of benzene rings is 4. The Labute approximate surface area is 276 Å². The van der Waals surface area contributed by atoms with Crippen molar-refractivity contribution < 1.29 is 47.8 Å². The van der Waals surface area contributed by atoms with Crippen LogP contribution in [-0.4, -0.2) is 42.2 Å². The van der Waals surface area contributed by atoms with Crippen molar-refractivity contribution in [1.29, 1.82) is 0 Å². The summed E-state index contributed by atoms with van der Waals surface area (Å²) in [7, 11) is -4.88. The molecule has 10 heteroatoms. The number of hydrogen-bond donors (Lipinski definition) is 0. The van der Waals surface area contributed by atoms with E-state index < -0.39 is 10.2 Å². The molecule has 0 N–H and O–H groups in total. The molecule has 5 atom stereocenters. The van der Waals surface area contributed by atoms with Gasteiger partial charge in [-0.05, 0) is 33.1 Å². The molecule has 0 saturated carbocycles. The van der Waals surface area contributed by atoms with Crippen molar-refractivity contribution >= 4 is 10.9 Å². The first kappa shape index (κ1) is 36.0. The van der Waals surface area contributed by atoms with E-state index in [0.717, 1.165) is 23.3 Å². The van der Waals surface area contributed by atoms with Gasteiger partial charge in [0.05, 0.1) is 39.3 Å². The van der Waals surface area contributed by atoms with E-state index in [9.17, 15) is 0 Å². The maximum atomic E-state index is 8.49. The summed E-state index contributed by atoms with van der Waals surface area (Å²) in [5.74, 6) is 0.945. The first-order valence-corrected chi connectivity index (χ1v) is 18.2. The van der Waals surface area contributed by atoms with Crippen LogP contribution in [0.3, 0.4) is 0 Å². The molecule has 1 aliphatic heterocycles. The van der Waals surface area contributed by atoms with Gasteiger partial charge in [-0.15, -0.1) is 10.2 Å². The van der Waals surface area contributed by atoms with Crippen molar-refractivity contribution in [3.63, 3.8) is 0 Å². The molecule has 0 aliphatic carbocycles. The van der Waals surface area contributed by atoms with Crippen LogP contribution in [0.5, 0.6) is 0 Å². The van der Waals surface area contributed by atoms with Crippen LogP contribution in [-0.2, 0) is 56.3 Å². The van der Waals surface area contributed by atoms with Crippen LogP contribution in [0, 0.1) is 10.2 Å². The van der Waals surface area contributed by atoms with Crippen molar-refractivity contribution in [3.8, 4) is 0 Å². The highest BCUT2D eigenvalue weighted by atomic mass is 35.7. The van der Waals surface area contributed by atoms with Gasteiger partial charge in [-0.3, -0.25) is 0 Å². The normalized spacial score (nSPS) is 21.3. The lowest BCUT2D eigenvalue weighted by Gasteiger charge is -2.40. The van der Waals surface area contributed by atoms with Gasteiger partial charge in [0.2, 0.25) is 0 Å². The predicted octanol–water partition coefficient (Wildman–Crippen LogP) is 2.22. The highest BCUT2D eigenvalue weighted by molar-refractivity contribution is 7.96. The Hall–Kier alpha value is -2.80. The van der Waals surface area contributed by atoms with E-state index in [2.05, 4.69) is 103 Å². The Morgan fingerprint density at radius 2 is 0.935 bits per heavy atom. The van der Waals surface area contributed by atoms with Crippen LogP contribution in [0.1, 0.15) is 28.7 Å². The van der Waals surface area contributed by atoms with Crippen LogP contribution in [0.15, 0.2) is 121 Å². The zero-order chi connectivity index (χ0) is 32.6. The minimum atomic E-state index is -4.94. The third-order valence-corrected chi connectivity index (χ3v) is 9.93. The summed E-state index contributed by atoms with van der Waals surface area (Å²) in [4.78, 5) is 0. The van der Waals surface area contributed by atoms with E-state index in [1.807, 2.05) is 24.3 Å². The largest absolute Gasteiger partial charge is 0.377 e. The van der Waals surface area contributed by atoms with E-state index in [1.165, 1.54) is 11.1 Å². The molecule has 1 saturated heterocycles. The van der Waals surface area contributed by atoms with E-state index in [0.29, 0.717) is 38.3 Å². The molecule has 0 amide bonds. The molecule has 0 radical (unpaired) electrons. The molecular weight excluding hydrogens is 628 g/mol.